The van der Waals surface area contributed by atoms with Gasteiger partial charge in [0.25, 0.3) is 10.1 Å². The Morgan fingerprint density at radius 1 is 0.891 bits per heavy atom. The molecule has 2 aliphatic rings. The zero-order valence-electron chi connectivity index (χ0n) is 25.8. The highest BCUT2D eigenvalue weighted by Gasteiger charge is 2.52. The van der Waals surface area contributed by atoms with Gasteiger partial charge in [0.15, 0.2) is 30.7 Å². The lowest BCUT2D eigenvalue weighted by atomic mass is 10.0. The number of thioether (sulfide) groups is 2. The van der Waals surface area contributed by atoms with E-state index in [1.807, 2.05) is 37.3 Å². The molecule has 4 rings (SSSR count). The molecule has 0 aromatic heterocycles. The van der Waals surface area contributed by atoms with Crippen LogP contribution in [0.5, 0.6) is 0 Å². The van der Waals surface area contributed by atoms with E-state index in [1.54, 1.807) is 25.3 Å². The van der Waals surface area contributed by atoms with E-state index in [1.165, 1.54) is 50.1 Å². The first-order chi connectivity index (χ1) is 21.9. The summed E-state index contributed by atoms with van der Waals surface area (Å²) in [6, 6.07) is 15.3. The SMILES string of the molecule is CSC(=O)OC1C(Sc2ccccc2)[C@H](O[C@@H]2C(COS(=O)(=O)c3ccc(C)cc3)OC=C[C@H]2OC(C)=O)OC(C)[C@H]1OC(C)=O. The summed E-state index contributed by atoms with van der Waals surface area (Å²) in [5.74, 6) is -1.21. The Labute approximate surface area is 276 Å². The molecule has 8 atom stereocenters. The second-order valence-electron chi connectivity index (χ2n) is 10.4. The highest BCUT2D eigenvalue weighted by molar-refractivity contribution is 8.12. The van der Waals surface area contributed by atoms with Crippen molar-refractivity contribution in [1.29, 1.82) is 0 Å². The minimum atomic E-state index is -4.19. The first-order valence-corrected chi connectivity index (χ1v) is 17.8. The summed E-state index contributed by atoms with van der Waals surface area (Å²) in [5.41, 5.74) is 0.875. The van der Waals surface area contributed by atoms with E-state index in [2.05, 4.69) is 0 Å². The van der Waals surface area contributed by atoms with Gasteiger partial charge in [-0.3, -0.25) is 13.8 Å². The van der Waals surface area contributed by atoms with Crippen molar-refractivity contribution in [3.63, 3.8) is 0 Å². The summed E-state index contributed by atoms with van der Waals surface area (Å²) in [7, 11) is -4.19. The van der Waals surface area contributed by atoms with Crippen LogP contribution in [-0.2, 0) is 52.3 Å². The number of rotatable bonds is 11. The predicted molar refractivity (Wildman–Crippen MR) is 169 cm³/mol. The Morgan fingerprint density at radius 3 is 2.20 bits per heavy atom. The lowest BCUT2D eigenvalue weighted by molar-refractivity contribution is -0.278. The summed E-state index contributed by atoms with van der Waals surface area (Å²) in [4.78, 5) is 37.5. The van der Waals surface area contributed by atoms with Crippen molar-refractivity contribution in [3.8, 4) is 0 Å². The fourth-order valence-corrected chi connectivity index (χ4v) is 7.15. The van der Waals surface area contributed by atoms with Crippen LogP contribution in [0.2, 0.25) is 0 Å². The molecule has 15 heteroatoms. The largest absolute Gasteiger partial charge is 0.493 e. The van der Waals surface area contributed by atoms with E-state index in [4.69, 9.17) is 32.6 Å². The molecule has 0 aliphatic carbocycles. The van der Waals surface area contributed by atoms with Crippen LogP contribution < -0.4 is 0 Å². The predicted octanol–water partition coefficient (Wildman–Crippen LogP) is 4.64. The van der Waals surface area contributed by atoms with Crippen LogP contribution in [0, 0.1) is 6.92 Å². The van der Waals surface area contributed by atoms with Gasteiger partial charge >= 0.3 is 17.2 Å². The number of carbonyl (C=O) groups excluding carboxylic acids is 3. The number of aryl methyl sites for hydroxylation is 1. The van der Waals surface area contributed by atoms with Crippen LogP contribution in [-0.4, -0.2) is 86.7 Å². The fourth-order valence-electron chi connectivity index (χ4n) is 4.82. The van der Waals surface area contributed by atoms with Crippen molar-refractivity contribution in [2.75, 3.05) is 12.9 Å². The molecular formula is C31H36O12S3. The van der Waals surface area contributed by atoms with Gasteiger partial charge in [0.05, 0.1) is 17.3 Å². The van der Waals surface area contributed by atoms with Crippen LogP contribution in [0.1, 0.15) is 26.3 Å². The lowest BCUT2D eigenvalue weighted by Gasteiger charge is -2.46. The zero-order valence-corrected chi connectivity index (χ0v) is 28.2. The van der Waals surface area contributed by atoms with Gasteiger partial charge in [-0.15, -0.1) is 11.8 Å². The first kappa shape index (κ1) is 35.8. The molecular weight excluding hydrogens is 661 g/mol. The molecule has 1 fully saturated rings. The Hall–Kier alpha value is -3.08. The number of hydrogen-bond acceptors (Lipinski definition) is 14. The number of carbonyl (C=O) groups is 3. The Morgan fingerprint density at radius 2 is 1.57 bits per heavy atom. The number of esters is 2. The molecule has 4 unspecified atom stereocenters. The van der Waals surface area contributed by atoms with E-state index in [0.29, 0.717) is 0 Å². The second-order valence-corrected chi connectivity index (χ2v) is 14.1. The monoisotopic (exact) mass is 696 g/mol. The van der Waals surface area contributed by atoms with Crippen molar-refractivity contribution >= 4 is 50.9 Å². The van der Waals surface area contributed by atoms with Gasteiger partial charge in [0, 0.05) is 18.7 Å². The zero-order chi connectivity index (χ0) is 33.4. The summed E-state index contributed by atoms with van der Waals surface area (Å²) in [6.07, 6.45) is -2.96. The van der Waals surface area contributed by atoms with Gasteiger partial charge in [0.1, 0.15) is 18.0 Å². The molecule has 0 amide bonds. The minimum absolute atomic E-state index is 0.0443. The molecule has 0 spiro atoms. The summed E-state index contributed by atoms with van der Waals surface area (Å²) >= 11 is 2.11. The third kappa shape index (κ3) is 9.48. The smallest absolute Gasteiger partial charge is 0.367 e. The van der Waals surface area contributed by atoms with Crippen molar-refractivity contribution in [3.05, 3.63) is 72.5 Å². The third-order valence-electron chi connectivity index (χ3n) is 6.95. The maximum Gasteiger partial charge on any atom is 0.367 e. The molecule has 0 saturated carbocycles. The third-order valence-corrected chi connectivity index (χ3v) is 9.98. The topological polar surface area (TPSA) is 150 Å². The van der Waals surface area contributed by atoms with Crippen LogP contribution in [0.25, 0.3) is 0 Å². The van der Waals surface area contributed by atoms with Gasteiger partial charge in [-0.05, 0) is 62.2 Å². The molecule has 46 heavy (non-hydrogen) atoms. The Kier molecular flexibility index (Phi) is 12.6. The van der Waals surface area contributed by atoms with E-state index in [0.717, 1.165) is 22.2 Å². The fraction of sp³-hybridized carbons (Fsp3) is 0.452. The maximum absolute atomic E-state index is 13.0. The maximum atomic E-state index is 13.0. The van der Waals surface area contributed by atoms with E-state index >= 15 is 0 Å². The van der Waals surface area contributed by atoms with Crippen LogP contribution in [0.3, 0.4) is 0 Å². The van der Waals surface area contributed by atoms with Gasteiger partial charge in [-0.25, -0.2) is 4.79 Å². The highest BCUT2D eigenvalue weighted by atomic mass is 32.2. The average molecular weight is 697 g/mol. The Balaban J connectivity index is 1.67. The minimum Gasteiger partial charge on any atom is -0.493 e. The molecule has 12 nitrogen and oxygen atoms in total. The van der Waals surface area contributed by atoms with Crippen LogP contribution in [0.15, 0.2) is 76.7 Å². The molecule has 0 N–H and O–H groups in total. The van der Waals surface area contributed by atoms with E-state index in [-0.39, 0.29) is 4.90 Å². The second kappa shape index (κ2) is 16.2. The van der Waals surface area contributed by atoms with Crippen molar-refractivity contribution in [1.82, 2.24) is 0 Å². The molecule has 250 valence electrons. The summed E-state index contributed by atoms with van der Waals surface area (Å²) in [5, 5.41) is -1.43. The molecule has 2 heterocycles. The number of benzene rings is 2. The first-order valence-electron chi connectivity index (χ1n) is 14.3. The lowest BCUT2D eigenvalue weighted by Crippen LogP contribution is -2.61. The quantitative estimate of drug-likeness (QED) is 0.182. The van der Waals surface area contributed by atoms with Gasteiger partial charge in [-0.2, -0.15) is 8.42 Å². The van der Waals surface area contributed by atoms with Crippen molar-refractivity contribution in [2.45, 2.75) is 85.6 Å². The van der Waals surface area contributed by atoms with Gasteiger partial charge < -0.3 is 28.4 Å². The molecule has 0 radical (unpaired) electrons. The molecule has 2 aliphatic heterocycles. The standard InChI is InChI=1S/C31H36O12S3/c1-18-11-13-23(14-12-18)46(35,36)38-17-25-27(24(15-16-37-25)40-20(3)32)42-30-29(45-22-9-7-6-8-10-22)28(43-31(34)44-5)26(19(2)39-30)41-21(4)33/h6-16,19,24-30H,17H2,1-5H3/t19?,24-,25?,26-,27+,28?,29?,30+/m1/s1. The van der Waals surface area contributed by atoms with Crippen molar-refractivity contribution < 1.29 is 55.4 Å². The average Bonchev–Trinajstić information content (AvgIpc) is 3.01. The number of hydrogen-bond donors (Lipinski definition) is 0. The normalized spacial score (nSPS) is 27.7. The summed E-state index contributed by atoms with van der Waals surface area (Å²) < 4.78 is 66.8. The van der Waals surface area contributed by atoms with E-state index < -0.39 is 82.1 Å². The Bertz CT molecular complexity index is 1480. The molecule has 2 aromatic rings. The van der Waals surface area contributed by atoms with Crippen LogP contribution >= 0.6 is 23.5 Å². The van der Waals surface area contributed by atoms with Gasteiger partial charge in [-0.1, -0.05) is 35.9 Å². The molecule has 1 saturated heterocycles. The number of ether oxygens (including phenoxy) is 6. The van der Waals surface area contributed by atoms with Crippen LogP contribution in [0.4, 0.5) is 4.79 Å². The van der Waals surface area contributed by atoms with E-state index in [9.17, 15) is 22.8 Å². The highest BCUT2D eigenvalue weighted by Crippen LogP contribution is 2.40. The molecule has 0 bridgehead atoms. The van der Waals surface area contributed by atoms with Crippen molar-refractivity contribution in [2.24, 2.45) is 0 Å². The van der Waals surface area contributed by atoms with Gasteiger partial charge in [0.2, 0.25) is 0 Å². The molecule has 2 aromatic carbocycles. The summed E-state index contributed by atoms with van der Waals surface area (Å²) in [6.45, 7) is 5.44.